The van der Waals surface area contributed by atoms with E-state index in [0.29, 0.717) is 0 Å². The van der Waals surface area contributed by atoms with E-state index in [1.165, 1.54) is 22.3 Å². The molecule has 34 heavy (non-hydrogen) atoms. The first-order valence-electron chi connectivity index (χ1n) is 12.6. The van der Waals surface area contributed by atoms with E-state index in [1.54, 1.807) is 0 Å². The Bertz CT molecular complexity index is 1010. The molecule has 0 amide bonds. The zero-order valence-corrected chi connectivity index (χ0v) is 24.1. The van der Waals surface area contributed by atoms with Gasteiger partial charge in [0.1, 0.15) is 0 Å². The average molecular weight is 458 g/mol. The minimum absolute atomic E-state index is 0.137. The van der Waals surface area contributed by atoms with Crippen LogP contribution >= 0.6 is 0 Å². The molecule has 0 N–H and O–H groups in total. The molecule has 0 saturated carbocycles. The van der Waals surface area contributed by atoms with Crippen LogP contribution in [0.4, 0.5) is 0 Å². The lowest BCUT2D eigenvalue weighted by atomic mass is 9.80. The highest BCUT2D eigenvalue weighted by molar-refractivity contribution is 5.36. The molecule has 2 rings (SSSR count). The molecule has 0 saturated heterocycles. The van der Waals surface area contributed by atoms with E-state index < -0.39 is 0 Å². The van der Waals surface area contributed by atoms with Crippen LogP contribution in [0.5, 0.6) is 0 Å². The molecule has 0 radical (unpaired) electrons. The van der Waals surface area contributed by atoms with Crippen molar-refractivity contribution in [3.8, 4) is 0 Å². The molecule has 2 aromatic carbocycles. The lowest BCUT2D eigenvalue weighted by molar-refractivity contribution is 0.0499. The van der Waals surface area contributed by atoms with Crippen molar-refractivity contribution in [1.29, 1.82) is 0 Å². The molecule has 0 aliphatic carbocycles. The molecule has 0 aliphatic rings. The molecular formula is C33H47N. The highest BCUT2D eigenvalue weighted by Gasteiger charge is 2.40. The van der Waals surface area contributed by atoms with Gasteiger partial charge in [-0.2, -0.15) is 0 Å². The van der Waals surface area contributed by atoms with Crippen LogP contribution in [0.25, 0.3) is 0 Å². The third kappa shape index (κ3) is 6.15. The smallest absolute Gasteiger partial charge is 0.0630 e. The Morgan fingerprint density at radius 2 is 0.794 bits per heavy atom. The predicted molar refractivity (Wildman–Crippen MR) is 149 cm³/mol. The topological polar surface area (TPSA) is 3.24 Å². The molecule has 0 heterocycles. The Balaban J connectivity index is 2.70. The van der Waals surface area contributed by atoms with Gasteiger partial charge in [-0.15, -0.1) is 0 Å². The Kier molecular flexibility index (Phi) is 7.89. The normalized spacial score (nSPS) is 12.6. The Hall–Kier alpha value is -2.46. The molecule has 0 unspecified atom stereocenters. The molecule has 2 aromatic rings. The molecule has 0 aromatic heterocycles. The van der Waals surface area contributed by atoms with Gasteiger partial charge in [-0.25, -0.2) is 0 Å². The number of hydrogen-bond acceptors (Lipinski definition) is 1. The number of benzene rings is 2. The van der Waals surface area contributed by atoms with Gasteiger partial charge in [0.25, 0.3) is 0 Å². The summed E-state index contributed by atoms with van der Waals surface area (Å²) in [6, 6.07) is 18.3. The SMILES string of the molecule is CC(C)=C=C=C(C)N(C(C)(C)c1ccc(C(C)(C)C)cc1)C(C)(C)c1ccc(C(C)(C)C)cc1. The van der Waals surface area contributed by atoms with Crippen LogP contribution in [-0.4, -0.2) is 4.90 Å². The van der Waals surface area contributed by atoms with Crippen molar-refractivity contribution in [2.75, 3.05) is 0 Å². The van der Waals surface area contributed by atoms with Crippen LogP contribution in [-0.2, 0) is 21.9 Å². The molecular weight excluding hydrogens is 410 g/mol. The van der Waals surface area contributed by atoms with Gasteiger partial charge in [-0.05, 0) is 92.9 Å². The van der Waals surface area contributed by atoms with E-state index in [0.717, 1.165) is 11.3 Å². The maximum atomic E-state index is 3.46. The summed E-state index contributed by atoms with van der Waals surface area (Å²) in [6.07, 6.45) is 0. The van der Waals surface area contributed by atoms with Crippen molar-refractivity contribution in [2.45, 2.75) is 112 Å². The number of nitrogens with zero attached hydrogens (tertiary/aromatic N) is 1. The van der Waals surface area contributed by atoms with Crippen molar-refractivity contribution in [1.82, 2.24) is 4.90 Å². The second-order valence-electron chi connectivity index (χ2n) is 12.9. The third-order valence-corrected chi connectivity index (χ3v) is 6.86. The van der Waals surface area contributed by atoms with Gasteiger partial charge in [-0.1, -0.05) is 95.8 Å². The van der Waals surface area contributed by atoms with Crippen LogP contribution in [0, 0.1) is 0 Å². The van der Waals surface area contributed by atoms with E-state index in [1.807, 2.05) is 0 Å². The van der Waals surface area contributed by atoms with Crippen LogP contribution in [0.3, 0.4) is 0 Å². The second kappa shape index (κ2) is 9.65. The minimum atomic E-state index is -0.261. The van der Waals surface area contributed by atoms with Crippen LogP contribution in [0.15, 0.2) is 71.3 Å². The second-order valence-corrected chi connectivity index (χ2v) is 12.9. The quantitative estimate of drug-likeness (QED) is 0.404. The van der Waals surface area contributed by atoms with E-state index in [-0.39, 0.29) is 21.9 Å². The fourth-order valence-corrected chi connectivity index (χ4v) is 4.82. The molecule has 0 aliphatic heterocycles. The van der Waals surface area contributed by atoms with Crippen LogP contribution in [0.1, 0.15) is 112 Å². The number of hydrogen-bond donors (Lipinski definition) is 0. The lowest BCUT2D eigenvalue weighted by Gasteiger charge is -2.51. The predicted octanol–water partition coefficient (Wildman–Crippen LogP) is 9.38. The largest absolute Gasteiger partial charge is 0.350 e. The monoisotopic (exact) mass is 457 g/mol. The van der Waals surface area contributed by atoms with Gasteiger partial charge in [0.2, 0.25) is 0 Å². The molecule has 0 spiro atoms. The zero-order chi connectivity index (χ0) is 26.1. The van der Waals surface area contributed by atoms with Gasteiger partial charge in [0.05, 0.1) is 16.8 Å². The van der Waals surface area contributed by atoms with Crippen molar-refractivity contribution in [3.63, 3.8) is 0 Å². The van der Waals surface area contributed by atoms with E-state index in [4.69, 9.17) is 0 Å². The summed E-state index contributed by atoms with van der Waals surface area (Å²) in [7, 11) is 0. The first-order valence-corrected chi connectivity index (χ1v) is 12.6. The fourth-order valence-electron chi connectivity index (χ4n) is 4.82. The lowest BCUT2D eigenvalue weighted by Crippen LogP contribution is -2.50. The average Bonchev–Trinajstić information content (AvgIpc) is 2.71. The summed E-state index contributed by atoms with van der Waals surface area (Å²) in [5, 5.41) is 0. The minimum Gasteiger partial charge on any atom is -0.350 e. The summed E-state index contributed by atoms with van der Waals surface area (Å²) in [6.45, 7) is 29.2. The third-order valence-electron chi connectivity index (χ3n) is 6.86. The zero-order valence-electron chi connectivity index (χ0n) is 24.1. The van der Waals surface area contributed by atoms with E-state index in [9.17, 15) is 0 Å². The fraction of sp³-hybridized carbons (Fsp3) is 0.515. The van der Waals surface area contributed by atoms with Gasteiger partial charge in [-0.3, -0.25) is 0 Å². The first kappa shape index (κ1) is 27.8. The molecule has 0 fully saturated rings. The Morgan fingerprint density at radius 3 is 1.06 bits per heavy atom. The molecule has 1 nitrogen and oxygen atoms in total. The molecule has 1 heteroatoms. The maximum Gasteiger partial charge on any atom is 0.0630 e. The summed E-state index contributed by atoms with van der Waals surface area (Å²) >= 11 is 0. The molecule has 184 valence electrons. The van der Waals surface area contributed by atoms with Gasteiger partial charge >= 0.3 is 0 Å². The van der Waals surface area contributed by atoms with Gasteiger partial charge in [0.15, 0.2) is 0 Å². The summed E-state index contributed by atoms with van der Waals surface area (Å²) in [5.74, 6) is 0. The molecule has 0 atom stereocenters. The van der Waals surface area contributed by atoms with Crippen molar-refractivity contribution in [3.05, 3.63) is 93.5 Å². The van der Waals surface area contributed by atoms with E-state index >= 15 is 0 Å². The van der Waals surface area contributed by atoms with E-state index in [2.05, 4.69) is 155 Å². The summed E-state index contributed by atoms with van der Waals surface area (Å²) < 4.78 is 0. The highest BCUT2D eigenvalue weighted by Crippen LogP contribution is 2.43. The first-order chi connectivity index (χ1) is 15.4. The van der Waals surface area contributed by atoms with Crippen LogP contribution in [0.2, 0.25) is 0 Å². The number of rotatable bonds is 5. The maximum absolute atomic E-state index is 3.46. The van der Waals surface area contributed by atoms with Crippen LogP contribution < -0.4 is 0 Å². The van der Waals surface area contributed by atoms with Crippen molar-refractivity contribution in [2.24, 2.45) is 0 Å². The Labute approximate surface area is 210 Å². The van der Waals surface area contributed by atoms with Gasteiger partial charge < -0.3 is 4.90 Å². The van der Waals surface area contributed by atoms with Crippen molar-refractivity contribution >= 4 is 0 Å². The standard InChI is InChI=1S/C33H47N/c1-24(2)14-15-25(3)34(32(10,11)28-20-16-26(17-21-28)30(4,5)6)33(12,13)29-22-18-27(19-23-29)31(7,8)9/h16-23H,1-13H3. The van der Waals surface area contributed by atoms with Gasteiger partial charge in [0, 0.05) is 0 Å². The summed E-state index contributed by atoms with van der Waals surface area (Å²) in [4.78, 5) is 2.51. The Morgan fingerprint density at radius 1 is 0.500 bits per heavy atom. The number of allylic oxidation sites excluding steroid dienone is 2. The highest BCUT2D eigenvalue weighted by atomic mass is 15.3. The van der Waals surface area contributed by atoms with Crippen molar-refractivity contribution < 1.29 is 0 Å². The molecule has 0 bridgehead atoms. The summed E-state index contributed by atoms with van der Waals surface area (Å²) in [5.41, 5.74) is 14.0.